The molecule has 2 aliphatic rings. The highest BCUT2D eigenvalue weighted by atomic mass is 16.5. The predicted molar refractivity (Wildman–Crippen MR) is 136 cm³/mol. The van der Waals surface area contributed by atoms with Crippen molar-refractivity contribution in [3.05, 3.63) is 59.3 Å². The average Bonchev–Trinajstić information content (AvgIpc) is 3.26. The number of rotatable bonds is 7. The number of hydrogen-bond acceptors (Lipinski definition) is 5. The van der Waals surface area contributed by atoms with Crippen molar-refractivity contribution in [1.29, 1.82) is 0 Å². The van der Waals surface area contributed by atoms with Gasteiger partial charge in [-0.1, -0.05) is 24.3 Å². The van der Waals surface area contributed by atoms with E-state index < -0.39 is 5.54 Å². The van der Waals surface area contributed by atoms with Crippen molar-refractivity contribution in [2.24, 2.45) is 0 Å². The van der Waals surface area contributed by atoms with Crippen molar-refractivity contribution in [2.45, 2.75) is 44.8 Å². The molecule has 0 radical (unpaired) electrons. The van der Waals surface area contributed by atoms with E-state index in [1.807, 2.05) is 57.2 Å². The van der Waals surface area contributed by atoms with Crippen LogP contribution in [0.4, 0.5) is 0 Å². The van der Waals surface area contributed by atoms with Gasteiger partial charge in [-0.2, -0.15) is 0 Å². The number of carbonyl (C=O) groups is 2. The van der Waals surface area contributed by atoms with Crippen molar-refractivity contribution < 1.29 is 24.2 Å². The number of aromatic amines is 1. The number of amides is 2. The van der Waals surface area contributed by atoms with Gasteiger partial charge in [-0.05, 0) is 56.5 Å². The molecular formula is C28H33N3O5. The molecule has 8 nitrogen and oxygen atoms in total. The quantitative estimate of drug-likeness (QED) is 0.528. The van der Waals surface area contributed by atoms with Crippen LogP contribution in [-0.4, -0.2) is 71.2 Å². The Morgan fingerprint density at radius 2 is 1.94 bits per heavy atom. The molecule has 1 saturated heterocycles. The summed E-state index contributed by atoms with van der Waals surface area (Å²) >= 11 is 0. The zero-order valence-electron chi connectivity index (χ0n) is 21.2. The van der Waals surface area contributed by atoms with E-state index in [2.05, 4.69) is 11.1 Å². The van der Waals surface area contributed by atoms with E-state index in [4.69, 9.17) is 9.47 Å². The number of piperazine rings is 1. The molecule has 8 heteroatoms. The fourth-order valence-corrected chi connectivity index (χ4v) is 5.67. The number of carbonyl (C=O) groups excluding carboxylic acids is 2. The van der Waals surface area contributed by atoms with Gasteiger partial charge in [-0.15, -0.1) is 0 Å². The van der Waals surface area contributed by atoms with Crippen LogP contribution in [0.1, 0.15) is 49.9 Å². The maximum absolute atomic E-state index is 13.9. The number of nitrogens with one attached hydrogen (secondary N) is 1. The standard InChI is InChI=1S/C28H33N3O5/c1-17(2)36-22-11-10-18(14-23(22)35-4)20-15-31-24(33)16-30(12-7-13-32)27(34)28(31,3)26-25(20)19-8-5-6-9-21(19)29-26/h5-6,8-11,14,17,20,29,32H,7,12-13,15-16H2,1-4H3/t20-,28+/m1/s1. The summed E-state index contributed by atoms with van der Waals surface area (Å²) in [5, 5.41) is 10.3. The molecule has 2 atom stereocenters. The van der Waals surface area contributed by atoms with Crippen LogP contribution < -0.4 is 9.47 Å². The SMILES string of the molecule is COc1cc([C@H]2CN3C(=O)CN(CCCO)C(=O)[C@]3(C)c3[nH]c4ccccc4c32)ccc1OC(C)C. The summed E-state index contributed by atoms with van der Waals surface area (Å²) in [4.78, 5) is 34.1. The summed E-state index contributed by atoms with van der Waals surface area (Å²) in [6.45, 7) is 6.47. The van der Waals surface area contributed by atoms with E-state index >= 15 is 0 Å². The Balaban J connectivity index is 1.67. The van der Waals surface area contributed by atoms with Crippen LogP contribution >= 0.6 is 0 Å². The van der Waals surface area contributed by atoms with Crippen LogP contribution in [-0.2, 0) is 15.1 Å². The Bertz CT molecular complexity index is 1320. The number of aliphatic hydroxyl groups excluding tert-OH is 1. The van der Waals surface area contributed by atoms with Gasteiger partial charge in [0.25, 0.3) is 5.91 Å². The molecule has 0 spiro atoms. The molecule has 5 rings (SSSR count). The molecule has 0 bridgehead atoms. The molecule has 2 N–H and O–H groups in total. The number of H-pyrrole nitrogens is 1. The number of fused-ring (bicyclic) bond motifs is 5. The zero-order valence-corrected chi connectivity index (χ0v) is 21.2. The molecular weight excluding hydrogens is 458 g/mol. The summed E-state index contributed by atoms with van der Waals surface area (Å²) in [7, 11) is 1.62. The van der Waals surface area contributed by atoms with E-state index in [0.717, 1.165) is 27.7 Å². The van der Waals surface area contributed by atoms with Gasteiger partial charge < -0.3 is 29.4 Å². The second kappa shape index (κ2) is 9.17. The minimum atomic E-state index is -1.15. The van der Waals surface area contributed by atoms with E-state index in [0.29, 0.717) is 31.0 Å². The number of aromatic nitrogens is 1. The van der Waals surface area contributed by atoms with Gasteiger partial charge in [0, 0.05) is 36.5 Å². The van der Waals surface area contributed by atoms with Crippen LogP contribution in [0.15, 0.2) is 42.5 Å². The largest absolute Gasteiger partial charge is 0.493 e. The normalized spacial score (nSPS) is 21.7. The lowest BCUT2D eigenvalue weighted by Crippen LogP contribution is -2.67. The molecule has 36 heavy (non-hydrogen) atoms. The second-order valence-corrected chi connectivity index (χ2v) is 9.97. The molecule has 190 valence electrons. The number of para-hydroxylation sites is 1. The number of ether oxygens (including phenoxy) is 2. The lowest BCUT2D eigenvalue weighted by atomic mass is 9.76. The van der Waals surface area contributed by atoms with Gasteiger partial charge in [0.1, 0.15) is 0 Å². The summed E-state index contributed by atoms with van der Waals surface area (Å²) < 4.78 is 11.6. The third kappa shape index (κ3) is 3.71. The minimum absolute atomic E-state index is 0.00567. The van der Waals surface area contributed by atoms with Gasteiger partial charge >= 0.3 is 0 Å². The first-order chi connectivity index (χ1) is 17.3. The average molecular weight is 492 g/mol. The van der Waals surface area contributed by atoms with Gasteiger partial charge in [-0.3, -0.25) is 9.59 Å². The molecule has 1 fully saturated rings. The molecule has 0 aliphatic carbocycles. The Kier molecular flexibility index (Phi) is 6.16. The predicted octanol–water partition coefficient (Wildman–Crippen LogP) is 3.38. The minimum Gasteiger partial charge on any atom is -0.493 e. The van der Waals surface area contributed by atoms with Crippen molar-refractivity contribution in [2.75, 3.05) is 33.4 Å². The zero-order chi connectivity index (χ0) is 25.6. The lowest BCUT2D eigenvalue weighted by molar-refractivity contribution is -0.166. The third-order valence-electron chi connectivity index (χ3n) is 7.36. The van der Waals surface area contributed by atoms with E-state index in [9.17, 15) is 14.7 Å². The van der Waals surface area contributed by atoms with Crippen LogP contribution in [0.2, 0.25) is 0 Å². The third-order valence-corrected chi connectivity index (χ3v) is 7.36. The van der Waals surface area contributed by atoms with Crippen molar-refractivity contribution in [3.63, 3.8) is 0 Å². The first-order valence-electron chi connectivity index (χ1n) is 12.5. The first-order valence-corrected chi connectivity index (χ1v) is 12.5. The molecule has 0 unspecified atom stereocenters. The molecule has 0 saturated carbocycles. The van der Waals surface area contributed by atoms with E-state index in [1.54, 1.807) is 16.9 Å². The summed E-state index contributed by atoms with van der Waals surface area (Å²) in [5.74, 6) is 0.912. The number of methoxy groups -OCH3 is 1. The van der Waals surface area contributed by atoms with Crippen molar-refractivity contribution in [1.82, 2.24) is 14.8 Å². The summed E-state index contributed by atoms with van der Waals surface area (Å²) in [6.07, 6.45) is 0.438. The topological polar surface area (TPSA) is 95.1 Å². The van der Waals surface area contributed by atoms with Gasteiger partial charge in [0.15, 0.2) is 17.0 Å². The molecule has 2 amide bonds. The highest BCUT2D eigenvalue weighted by Gasteiger charge is 2.56. The number of hydrogen-bond donors (Lipinski definition) is 2. The van der Waals surface area contributed by atoms with Crippen LogP contribution in [0.3, 0.4) is 0 Å². The molecule has 1 aromatic heterocycles. The highest BCUT2D eigenvalue weighted by molar-refractivity contribution is 6.01. The van der Waals surface area contributed by atoms with Gasteiger partial charge in [0.05, 0.1) is 25.5 Å². The van der Waals surface area contributed by atoms with Crippen LogP contribution in [0.25, 0.3) is 10.9 Å². The van der Waals surface area contributed by atoms with E-state index in [1.165, 1.54) is 0 Å². The number of aliphatic hydroxyl groups is 1. The molecule has 3 heterocycles. The van der Waals surface area contributed by atoms with Crippen LogP contribution in [0, 0.1) is 0 Å². The van der Waals surface area contributed by atoms with Crippen molar-refractivity contribution in [3.8, 4) is 11.5 Å². The van der Waals surface area contributed by atoms with Gasteiger partial charge in [0.2, 0.25) is 5.91 Å². The summed E-state index contributed by atoms with van der Waals surface area (Å²) in [5.41, 5.74) is 2.53. The molecule has 2 aromatic carbocycles. The Labute approximate surface area is 210 Å². The maximum Gasteiger partial charge on any atom is 0.254 e. The van der Waals surface area contributed by atoms with Crippen molar-refractivity contribution >= 4 is 22.7 Å². The maximum atomic E-state index is 13.9. The van der Waals surface area contributed by atoms with Gasteiger partial charge in [-0.25, -0.2) is 0 Å². The van der Waals surface area contributed by atoms with E-state index in [-0.39, 0.29) is 37.0 Å². The first kappa shape index (κ1) is 24.2. The number of nitrogens with zero attached hydrogens (tertiary/aromatic N) is 2. The Hall–Kier alpha value is -3.52. The molecule has 3 aromatic rings. The monoisotopic (exact) mass is 491 g/mol. The fraction of sp³-hybridized carbons (Fsp3) is 0.429. The Morgan fingerprint density at radius 3 is 2.67 bits per heavy atom. The lowest BCUT2D eigenvalue weighted by Gasteiger charge is -2.51. The fourth-order valence-electron chi connectivity index (χ4n) is 5.67. The second-order valence-electron chi connectivity index (χ2n) is 9.97. The number of benzene rings is 2. The summed E-state index contributed by atoms with van der Waals surface area (Å²) in [6, 6.07) is 13.9. The van der Waals surface area contributed by atoms with Crippen LogP contribution in [0.5, 0.6) is 11.5 Å². The molecule has 2 aliphatic heterocycles. The smallest absolute Gasteiger partial charge is 0.254 e. The Morgan fingerprint density at radius 1 is 1.17 bits per heavy atom. The highest BCUT2D eigenvalue weighted by Crippen LogP contribution is 2.49.